The third kappa shape index (κ3) is 3.35. The Balaban J connectivity index is 2.80. The third-order valence-corrected chi connectivity index (χ3v) is 2.57. The summed E-state index contributed by atoms with van der Waals surface area (Å²) < 4.78 is 5.43. The first-order chi connectivity index (χ1) is 8.10. The summed E-state index contributed by atoms with van der Waals surface area (Å²) in [5, 5.41) is 8.58. The Kier molecular flexibility index (Phi) is 4.77. The third-order valence-electron chi connectivity index (χ3n) is 2.57. The minimum absolute atomic E-state index is 0.0611. The lowest BCUT2D eigenvalue weighted by Crippen LogP contribution is -2.37. The molecular formula is C13H18N2O2. The highest BCUT2D eigenvalue weighted by Crippen LogP contribution is 2.13. The van der Waals surface area contributed by atoms with Crippen molar-refractivity contribution in [2.24, 2.45) is 0 Å². The van der Waals surface area contributed by atoms with Gasteiger partial charge in [-0.1, -0.05) is 6.92 Å². The largest absolute Gasteiger partial charge is 0.456 e. The molecule has 0 bridgehead atoms. The van der Waals surface area contributed by atoms with E-state index < -0.39 is 0 Å². The normalized spacial score (nSPS) is 10.3. The molecule has 1 heterocycles. The van der Waals surface area contributed by atoms with E-state index in [0.29, 0.717) is 18.7 Å². The van der Waals surface area contributed by atoms with Gasteiger partial charge in [-0.2, -0.15) is 5.26 Å². The van der Waals surface area contributed by atoms with Gasteiger partial charge in [0.2, 0.25) is 0 Å². The van der Waals surface area contributed by atoms with Crippen molar-refractivity contribution in [2.75, 3.05) is 6.54 Å². The molecule has 0 spiro atoms. The average Bonchev–Trinajstić information content (AvgIpc) is 2.77. The highest BCUT2D eigenvalue weighted by molar-refractivity contribution is 5.91. The SMILES string of the molecule is CCc1ccc(C(=O)N(CCC#N)C(C)C)o1. The van der Waals surface area contributed by atoms with Crippen LogP contribution in [-0.4, -0.2) is 23.4 Å². The first-order valence-electron chi connectivity index (χ1n) is 5.86. The van der Waals surface area contributed by atoms with Crippen LogP contribution in [-0.2, 0) is 6.42 Å². The number of nitrogens with zero attached hydrogens (tertiary/aromatic N) is 2. The summed E-state index contributed by atoms with van der Waals surface area (Å²) in [6.07, 6.45) is 1.11. The smallest absolute Gasteiger partial charge is 0.289 e. The molecular weight excluding hydrogens is 216 g/mol. The van der Waals surface area contributed by atoms with Crippen molar-refractivity contribution in [3.63, 3.8) is 0 Å². The zero-order valence-electron chi connectivity index (χ0n) is 10.6. The average molecular weight is 234 g/mol. The van der Waals surface area contributed by atoms with Crippen LogP contribution in [0.15, 0.2) is 16.5 Å². The highest BCUT2D eigenvalue weighted by Gasteiger charge is 2.21. The molecule has 1 rings (SSSR count). The number of amides is 1. The Morgan fingerprint density at radius 1 is 1.53 bits per heavy atom. The van der Waals surface area contributed by atoms with Crippen molar-refractivity contribution in [1.82, 2.24) is 4.90 Å². The van der Waals surface area contributed by atoms with Gasteiger partial charge in [-0.25, -0.2) is 0 Å². The van der Waals surface area contributed by atoms with Crippen molar-refractivity contribution in [3.8, 4) is 6.07 Å². The van der Waals surface area contributed by atoms with Crippen LogP contribution < -0.4 is 0 Å². The van der Waals surface area contributed by atoms with Gasteiger partial charge in [-0.05, 0) is 26.0 Å². The van der Waals surface area contributed by atoms with E-state index in [4.69, 9.17) is 9.68 Å². The Labute approximate surface area is 102 Å². The molecule has 0 radical (unpaired) electrons. The molecule has 0 fully saturated rings. The topological polar surface area (TPSA) is 57.2 Å². The standard InChI is InChI=1S/C13H18N2O2/c1-4-11-6-7-12(17-11)13(16)15(10(2)3)9-5-8-14/h6-7,10H,4-5,9H2,1-3H3. The fourth-order valence-electron chi connectivity index (χ4n) is 1.59. The van der Waals surface area contributed by atoms with E-state index in [9.17, 15) is 4.79 Å². The zero-order valence-corrected chi connectivity index (χ0v) is 10.6. The van der Waals surface area contributed by atoms with Crippen LogP contribution in [0.2, 0.25) is 0 Å². The fourth-order valence-corrected chi connectivity index (χ4v) is 1.59. The van der Waals surface area contributed by atoms with Gasteiger partial charge >= 0.3 is 0 Å². The first-order valence-corrected chi connectivity index (χ1v) is 5.86. The van der Waals surface area contributed by atoms with Gasteiger partial charge in [0.05, 0.1) is 12.5 Å². The van der Waals surface area contributed by atoms with Crippen LogP contribution in [0.25, 0.3) is 0 Å². The van der Waals surface area contributed by atoms with E-state index in [2.05, 4.69) is 6.07 Å². The Morgan fingerprint density at radius 2 is 2.24 bits per heavy atom. The zero-order chi connectivity index (χ0) is 12.8. The van der Waals surface area contributed by atoms with E-state index in [-0.39, 0.29) is 11.9 Å². The second kappa shape index (κ2) is 6.09. The predicted octanol–water partition coefficient (Wildman–Crippen LogP) is 2.61. The second-order valence-corrected chi connectivity index (χ2v) is 4.12. The number of furan rings is 1. The van der Waals surface area contributed by atoms with Gasteiger partial charge < -0.3 is 9.32 Å². The monoisotopic (exact) mass is 234 g/mol. The summed E-state index contributed by atoms with van der Waals surface area (Å²) in [6.45, 7) is 6.27. The molecule has 1 aromatic rings. The fraction of sp³-hybridized carbons (Fsp3) is 0.538. The van der Waals surface area contributed by atoms with Crippen LogP contribution in [0.5, 0.6) is 0 Å². The van der Waals surface area contributed by atoms with Crippen molar-refractivity contribution in [2.45, 2.75) is 39.7 Å². The first kappa shape index (κ1) is 13.3. The molecule has 4 heteroatoms. The van der Waals surface area contributed by atoms with Gasteiger partial charge in [0.15, 0.2) is 5.76 Å². The van der Waals surface area contributed by atoms with Crippen LogP contribution in [0.4, 0.5) is 0 Å². The van der Waals surface area contributed by atoms with Crippen molar-refractivity contribution in [1.29, 1.82) is 5.26 Å². The van der Waals surface area contributed by atoms with Gasteiger partial charge in [-0.3, -0.25) is 4.79 Å². The van der Waals surface area contributed by atoms with Gasteiger partial charge in [0, 0.05) is 19.0 Å². The molecule has 17 heavy (non-hydrogen) atoms. The molecule has 1 amide bonds. The van der Waals surface area contributed by atoms with E-state index in [0.717, 1.165) is 12.2 Å². The predicted molar refractivity (Wildman–Crippen MR) is 64.5 cm³/mol. The lowest BCUT2D eigenvalue weighted by Gasteiger charge is -2.24. The highest BCUT2D eigenvalue weighted by atomic mass is 16.4. The van der Waals surface area contributed by atoms with E-state index in [1.165, 1.54) is 0 Å². The summed E-state index contributed by atoms with van der Waals surface area (Å²) in [5.74, 6) is 1.01. The van der Waals surface area contributed by atoms with Crippen LogP contribution in [0.1, 0.15) is 43.5 Å². The maximum Gasteiger partial charge on any atom is 0.289 e. The maximum atomic E-state index is 12.1. The van der Waals surface area contributed by atoms with Gasteiger partial charge in [0.1, 0.15) is 5.76 Å². The molecule has 0 aromatic carbocycles. The number of carbonyl (C=O) groups excluding carboxylic acids is 1. The molecule has 0 aliphatic heterocycles. The Bertz CT molecular complexity index is 415. The number of aryl methyl sites for hydroxylation is 1. The molecule has 0 saturated heterocycles. The quantitative estimate of drug-likeness (QED) is 0.786. The molecule has 4 nitrogen and oxygen atoms in total. The number of hydrogen-bond donors (Lipinski definition) is 0. The van der Waals surface area contributed by atoms with Gasteiger partial charge in [-0.15, -0.1) is 0 Å². The summed E-state index contributed by atoms with van der Waals surface area (Å²) in [4.78, 5) is 13.8. The number of carbonyl (C=O) groups is 1. The lowest BCUT2D eigenvalue weighted by molar-refractivity contribution is 0.0676. The van der Waals surface area contributed by atoms with Crippen molar-refractivity contribution in [3.05, 3.63) is 23.7 Å². The second-order valence-electron chi connectivity index (χ2n) is 4.12. The van der Waals surface area contributed by atoms with Gasteiger partial charge in [0.25, 0.3) is 5.91 Å². The summed E-state index contributed by atoms with van der Waals surface area (Å²) in [5.41, 5.74) is 0. The van der Waals surface area contributed by atoms with Crippen molar-refractivity contribution >= 4 is 5.91 Å². The minimum atomic E-state index is -0.144. The van der Waals surface area contributed by atoms with E-state index >= 15 is 0 Å². The molecule has 0 unspecified atom stereocenters. The molecule has 0 N–H and O–H groups in total. The summed E-state index contributed by atoms with van der Waals surface area (Å²) in [6, 6.07) is 5.63. The Morgan fingerprint density at radius 3 is 2.71 bits per heavy atom. The molecule has 0 aliphatic carbocycles. The summed E-state index contributed by atoms with van der Waals surface area (Å²) in [7, 11) is 0. The number of nitriles is 1. The number of rotatable bonds is 5. The molecule has 1 aromatic heterocycles. The Hall–Kier alpha value is -1.76. The minimum Gasteiger partial charge on any atom is -0.456 e. The van der Waals surface area contributed by atoms with Crippen LogP contribution >= 0.6 is 0 Å². The summed E-state index contributed by atoms with van der Waals surface area (Å²) >= 11 is 0. The molecule has 0 saturated carbocycles. The molecule has 0 aliphatic rings. The number of hydrogen-bond acceptors (Lipinski definition) is 3. The molecule has 92 valence electrons. The van der Waals surface area contributed by atoms with E-state index in [1.807, 2.05) is 26.8 Å². The van der Waals surface area contributed by atoms with Crippen LogP contribution in [0.3, 0.4) is 0 Å². The van der Waals surface area contributed by atoms with Crippen LogP contribution in [0, 0.1) is 11.3 Å². The molecule has 0 atom stereocenters. The lowest BCUT2D eigenvalue weighted by atomic mass is 10.2. The van der Waals surface area contributed by atoms with E-state index in [1.54, 1.807) is 11.0 Å². The van der Waals surface area contributed by atoms with Crippen molar-refractivity contribution < 1.29 is 9.21 Å². The maximum absolute atomic E-state index is 12.1.